The molecule has 182 valence electrons. The van der Waals surface area contributed by atoms with E-state index in [2.05, 4.69) is 20.8 Å². The molecule has 11 heteroatoms. The van der Waals surface area contributed by atoms with Gasteiger partial charge in [0.1, 0.15) is 5.82 Å². The summed E-state index contributed by atoms with van der Waals surface area (Å²) in [6.07, 6.45) is 0.112. The molecular formula is C24H25FN6O3S. The molecule has 0 unspecified atom stereocenters. The SMILES string of the molecule is CC(C)CNC(=O)CCn1c(=O)c2ccccc2n2c(SCC(=O)Nc3ccccc3F)nnc12. The normalized spacial score (nSPS) is 11.3. The summed E-state index contributed by atoms with van der Waals surface area (Å²) < 4.78 is 17.0. The first-order chi connectivity index (χ1) is 16.8. The van der Waals surface area contributed by atoms with Crippen LogP contribution in [0.1, 0.15) is 20.3 Å². The third kappa shape index (κ3) is 5.51. The lowest BCUT2D eigenvalue weighted by Gasteiger charge is -2.12. The molecule has 0 radical (unpaired) electrons. The lowest BCUT2D eigenvalue weighted by Crippen LogP contribution is -2.30. The Balaban J connectivity index is 1.60. The van der Waals surface area contributed by atoms with Crippen LogP contribution in [-0.4, -0.2) is 43.3 Å². The summed E-state index contributed by atoms with van der Waals surface area (Å²) in [5, 5.41) is 14.6. The Labute approximate surface area is 204 Å². The first-order valence-electron chi connectivity index (χ1n) is 11.2. The van der Waals surface area contributed by atoms with E-state index in [1.807, 2.05) is 13.8 Å². The smallest absolute Gasteiger partial charge is 0.262 e. The van der Waals surface area contributed by atoms with E-state index in [1.54, 1.807) is 40.8 Å². The van der Waals surface area contributed by atoms with Gasteiger partial charge < -0.3 is 10.6 Å². The molecule has 2 heterocycles. The zero-order valence-electron chi connectivity index (χ0n) is 19.3. The van der Waals surface area contributed by atoms with Crippen molar-refractivity contribution in [1.82, 2.24) is 24.5 Å². The van der Waals surface area contributed by atoms with Gasteiger partial charge in [0.05, 0.1) is 22.3 Å². The van der Waals surface area contributed by atoms with Crippen LogP contribution in [0.3, 0.4) is 0 Å². The minimum absolute atomic E-state index is 0.0415. The summed E-state index contributed by atoms with van der Waals surface area (Å²) in [5.74, 6) is -0.526. The number of halogens is 1. The van der Waals surface area contributed by atoms with Crippen LogP contribution >= 0.6 is 11.8 Å². The summed E-state index contributed by atoms with van der Waals surface area (Å²) >= 11 is 1.12. The lowest BCUT2D eigenvalue weighted by molar-refractivity contribution is -0.121. The predicted octanol–water partition coefficient (Wildman–Crippen LogP) is 3.08. The number of benzene rings is 2. The van der Waals surface area contributed by atoms with Gasteiger partial charge in [-0.15, -0.1) is 10.2 Å². The van der Waals surface area contributed by atoms with Gasteiger partial charge in [-0.05, 0) is 30.2 Å². The number of nitrogens with zero attached hydrogens (tertiary/aromatic N) is 4. The molecule has 0 aliphatic heterocycles. The number of carbonyl (C=O) groups excluding carboxylic acids is 2. The fourth-order valence-electron chi connectivity index (χ4n) is 3.53. The minimum Gasteiger partial charge on any atom is -0.356 e. The van der Waals surface area contributed by atoms with E-state index in [0.717, 1.165) is 11.8 Å². The van der Waals surface area contributed by atoms with E-state index in [-0.39, 0.29) is 41.6 Å². The van der Waals surface area contributed by atoms with Crippen molar-refractivity contribution in [1.29, 1.82) is 0 Å². The van der Waals surface area contributed by atoms with E-state index in [1.165, 1.54) is 16.7 Å². The lowest BCUT2D eigenvalue weighted by atomic mass is 10.2. The Morgan fingerprint density at radius 2 is 1.80 bits per heavy atom. The Bertz CT molecular complexity index is 1450. The molecule has 0 aliphatic carbocycles. The number of anilines is 1. The topological polar surface area (TPSA) is 110 Å². The number of carbonyl (C=O) groups is 2. The Morgan fingerprint density at radius 1 is 1.06 bits per heavy atom. The quantitative estimate of drug-likeness (QED) is 0.345. The predicted molar refractivity (Wildman–Crippen MR) is 133 cm³/mol. The Morgan fingerprint density at radius 3 is 2.57 bits per heavy atom. The number of amides is 2. The molecule has 0 saturated heterocycles. The monoisotopic (exact) mass is 496 g/mol. The molecule has 0 bridgehead atoms. The molecule has 4 aromatic rings. The van der Waals surface area contributed by atoms with Crippen LogP contribution in [0.25, 0.3) is 16.7 Å². The molecule has 0 atom stereocenters. The second kappa shape index (κ2) is 10.7. The number of thioether (sulfide) groups is 1. The van der Waals surface area contributed by atoms with Crippen LogP contribution in [0.5, 0.6) is 0 Å². The number of fused-ring (bicyclic) bond motifs is 3. The number of aryl methyl sites for hydroxylation is 1. The molecule has 9 nitrogen and oxygen atoms in total. The molecule has 2 amide bonds. The van der Waals surface area contributed by atoms with Gasteiger partial charge in [-0.25, -0.2) is 4.39 Å². The maximum atomic E-state index is 13.8. The zero-order valence-corrected chi connectivity index (χ0v) is 20.1. The molecule has 0 fully saturated rings. The second-order valence-corrected chi connectivity index (χ2v) is 9.30. The van der Waals surface area contributed by atoms with Crippen LogP contribution in [0, 0.1) is 11.7 Å². The molecule has 0 spiro atoms. The van der Waals surface area contributed by atoms with Crippen LogP contribution in [0.2, 0.25) is 0 Å². The molecule has 0 aliphatic rings. The van der Waals surface area contributed by atoms with Gasteiger partial charge in [-0.1, -0.05) is 49.9 Å². The molecule has 2 N–H and O–H groups in total. The van der Waals surface area contributed by atoms with Gasteiger partial charge in [-0.2, -0.15) is 0 Å². The summed E-state index contributed by atoms with van der Waals surface area (Å²) in [6, 6.07) is 12.9. The van der Waals surface area contributed by atoms with E-state index < -0.39 is 11.7 Å². The number of nitrogens with one attached hydrogen (secondary N) is 2. The maximum Gasteiger partial charge on any atom is 0.262 e. The molecule has 4 rings (SSSR count). The number of hydrogen-bond donors (Lipinski definition) is 2. The van der Waals surface area contributed by atoms with Crippen molar-refractivity contribution in [3.05, 3.63) is 64.7 Å². The molecule has 35 heavy (non-hydrogen) atoms. The van der Waals surface area contributed by atoms with Gasteiger partial charge in [0.25, 0.3) is 5.56 Å². The van der Waals surface area contributed by atoms with Crippen LogP contribution in [0.4, 0.5) is 10.1 Å². The average molecular weight is 497 g/mol. The Kier molecular flexibility index (Phi) is 7.45. The van der Waals surface area contributed by atoms with Crippen molar-refractivity contribution < 1.29 is 14.0 Å². The zero-order chi connectivity index (χ0) is 24.9. The summed E-state index contributed by atoms with van der Waals surface area (Å²) in [5.41, 5.74) is 0.417. The average Bonchev–Trinajstić information content (AvgIpc) is 3.27. The maximum absolute atomic E-state index is 13.8. The molecular weight excluding hydrogens is 471 g/mol. The van der Waals surface area contributed by atoms with Crippen molar-refractivity contribution in [2.75, 3.05) is 17.6 Å². The highest BCUT2D eigenvalue weighted by Gasteiger charge is 2.18. The van der Waals surface area contributed by atoms with Gasteiger partial charge in [0.15, 0.2) is 5.16 Å². The number of hydrogen-bond acceptors (Lipinski definition) is 6. The van der Waals surface area contributed by atoms with Crippen molar-refractivity contribution in [2.45, 2.75) is 32.0 Å². The van der Waals surface area contributed by atoms with E-state index >= 15 is 0 Å². The van der Waals surface area contributed by atoms with Gasteiger partial charge in [0.2, 0.25) is 17.6 Å². The van der Waals surface area contributed by atoms with Gasteiger partial charge in [0, 0.05) is 19.5 Å². The van der Waals surface area contributed by atoms with E-state index in [4.69, 9.17) is 0 Å². The largest absolute Gasteiger partial charge is 0.356 e. The molecule has 0 saturated carbocycles. The highest BCUT2D eigenvalue weighted by atomic mass is 32.2. The van der Waals surface area contributed by atoms with Crippen molar-refractivity contribution in [3.8, 4) is 0 Å². The number of rotatable bonds is 9. The summed E-state index contributed by atoms with van der Waals surface area (Å²) in [6.45, 7) is 4.70. The van der Waals surface area contributed by atoms with Gasteiger partial charge in [-0.3, -0.25) is 23.4 Å². The van der Waals surface area contributed by atoms with Crippen molar-refractivity contribution in [2.24, 2.45) is 5.92 Å². The van der Waals surface area contributed by atoms with E-state index in [9.17, 15) is 18.8 Å². The first-order valence-corrected chi connectivity index (χ1v) is 12.1. The highest BCUT2D eigenvalue weighted by Crippen LogP contribution is 2.22. The second-order valence-electron chi connectivity index (χ2n) is 8.36. The van der Waals surface area contributed by atoms with E-state index in [0.29, 0.717) is 28.5 Å². The summed E-state index contributed by atoms with van der Waals surface area (Å²) in [7, 11) is 0. The first kappa shape index (κ1) is 24.4. The van der Waals surface area contributed by atoms with Crippen molar-refractivity contribution in [3.63, 3.8) is 0 Å². The summed E-state index contributed by atoms with van der Waals surface area (Å²) in [4.78, 5) is 37.8. The standard InChI is InChI=1S/C24H25FN6O3S/c1-15(2)13-26-20(32)11-12-30-22(34)16-7-3-6-10-19(16)31-23(30)28-29-24(31)35-14-21(33)27-18-9-5-4-8-17(18)25/h3-10,15H,11-14H2,1-2H3,(H,26,32)(H,27,33). The van der Waals surface area contributed by atoms with Crippen LogP contribution in [-0.2, 0) is 16.1 Å². The number of aromatic nitrogens is 4. The molecule has 2 aromatic carbocycles. The fourth-order valence-corrected chi connectivity index (χ4v) is 4.27. The third-order valence-electron chi connectivity index (χ3n) is 5.23. The van der Waals surface area contributed by atoms with Crippen LogP contribution < -0.4 is 16.2 Å². The van der Waals surface area contributed by atoms with Gasteiger partial charge >= 0.3 is 0 Å². The van der Waals surface area contributed by atoms with Crippen LogP contribution in [0.15, 0.2) is 58.5 Å². The third-order valence-corrected chi connectivity index (χ3v) is 6.16. The van der Waals surface area contributed by atoms with Crippen molar-refractivity contribution >= 4 is 45.9 Å². The highest BCUT2D eigenvalue weighted by molar-refractivity contribution is 7.99. The number of para-hydroxylation sites is 2. The minimum atomic E-state index is -0.522. The molecule has 2 aromatic heterocycles. The Hall–Kier alpha value is -3.73. The fraction of sp³-hybridized carbons (Fsp3) is 0.292.